The van der Waals surface area contributed by atoms with Gasteiger partial charge >= 0.3 is 0 Å². The molecule has 1 saturated heterocycles. The van der Waals surface area contributed by atoms with Crippen LogP contribution in [0.15, 0.2) is 18.2 Å². The van der Waals surface area contributed by atoms with Crippen LogP contribution in [0.25, 0.3) is 0 Å². The Morgan fingerprint density at radius 2 is 2.09 bits per heavy atom. The summed E-state index contributed by atoms with van der Waals surface area (Å²) in [6.45, 7) is 2.28. The summed E-state index contributed by atoms with van der Waals surface area (Å²) in [4.78, 5) is 28.2. The van der Waals surface area contributed by atoms with Gasteiger partial charge in [0, 0.05) is 33.2 Å². The number of carbonyl (C=O) groups is 2. The molecule has 0 bridgehead atoms. The van der Waals surface area contributed by atoms with Gasteiger partial charge in [-0.3, -0.25) is 9.59 Å². The number of carbonyl (C=O) groups excluding carboxylic acids is 2. The minimum atomic E-state index is -0.501. The molecule has 5 nitrogen and oxygen atoms in total. The molecule has 0 radical (unpaired) electrons. The van der Waals surface area contributed by atoms with Crippen molar-refractivity contribution < 1.29 is 14.0 Å². The normalized spacial score (nSPS) is 19.3. The number of hydrogen-bond acceptors (Lipinski definition) is 3. The summed E-state index contributed by atoms with van der Waals surface area (Å²) in [6, 6.07) is 4.28. The number of amides is 2. The molecule has 0 spiro atoms. The number of nitrogens with zero attached hydrogens (tertiary/aromatic N) is 2. The van der Waals surface area contributed by atoms with Gasteiger partial charge in [-0.2, -0.15) is 0 Å². The van der Waals surface area contributed by atoms with Crippen molar-refractivity contribution in [3.63, 3.8) is 0 Å². The molecule has 2 amide bonds. The van der Waals surface area contributed by atoms with Crippen molar-refractivity contribution in [2.45, 2.75) is 6.42 Å². The molecular weight excluding hydrogens is 321 g/mol. The molecule has 2 rings (SSSR count). The first-order valence-corrected chi connectivity index (χ1v) is 7.90. The average Bonchev–Trinajstić information content (AvgIpc) is 2.72. The van der Waals surface area contributed by atoms with Crippen LogP contribution < -0.4 is 5.32 Å². The predicted molar refractivity (Wildman–Crippen MR) is 86.7 cm³/mol. The summed E-state index contributed by atoms with van der Waals surface area (Å²) in [6.07, 6.45) is 0.143. The van der Waals surface area contributed by atoms with E-state index in [-0.39, 0.29) is 29.2 Å². The van der Waals surface area contributed by atoms with E-state index in [0.717, 1.165) is 0 Å². The topological polar surface area (TPSA) is 52.7 Å². The smallest absolute Gasteiger partial charge is 0.227 e. The summed E-state index contributed by atoms with van der Waals surface area (Å²) in [5, 5.41) is 2.65. The zero-order valence-electron chi connectivity index (χ0n) is 13.3. The number of rotatable bonds is 3. The lowest BCUT2D eigenvalue weighted by Crippen LogP contribution is -2.41. The van der Waals surface area contributed by atoms with E-state index in [1.54, 1.807) is 18.0 Å². The van der Waals surface area contributed by atoms with Crippen LogP contribution in [0.2, 0.25) is 5.02 Å². The summed E-state index contributed by atoms with van der Waals surface area (Å²) in [5.74, 6) is -0.912. The Morgan fingerprint density at radius 1 is 1.35 bits per heavy atom. The van der Waals surface area contributed by atoms with Crippen molar-refractivity contribution >= 4 is 23.4 Å². The summed E-state index contributed by atoms with van der Waals surface area (Å²) < 4.78 is 13.2. The highest BCUT2D eigenvalue weighted by Gasteiger charge is 2.28. The fourth-order valence-electron chi connectivity index (χ4n) is 2.71. The van der Waals surface area contributed by atoms with Crippen molar-refractivity contribution in [3.05, 3.63) is 34.6 Å². The lowest BCUT2D eigenvalue weighted by atomic mass is 10.1. The molecule has 1 fully saturated rings. The highest BCUT2D eigenvalue weighted by molar-refractivity contribution is 6.30. The van der Waals surface area contributed by atoms with E-state index in [1.807, 2.05) is 11.9 Å². The van der Waals surface area contributed by atoms with Gasteiger partial charge in [-0.15, -0.1) is 0 Å². The fraction of sp³-hybridized carbons (Fsp3) is 0.500. The van der Waals surface area contributed by atoms with E-state index in [1.165, 1.54) is 12.1 Å². The molecule has 1 atom stereocenters. The number of likely N-dealkylation sites (N-methyl/N-ethyl adjacent to an activating group) is 1. The van der Waals surface area contributed by atoms with Crippen LogP contribution in [0.5, 0.6) is 0 Å². The number of hydrogen-bond donors (Lipinski definition) is 1. The minimum Gasteiger partial charge on any atom is -0.359 e. The lowest BCUT2D eigenvalue weighted by Gasteiger charge is -2.23. The van der Waals surface area contributed by atoms with Gasteiger partial charge in [0.25, 0.3) is 0 Å². The van der Waals surface area contributed by atoms with Crippen molar-refractivity contribution in [2.24, 2.45) is 5.92 Å². The van der Waals surface area contributed by atoms with Crippen LogP contribution >= 0.6 is 11.6 Å². The third-order valence-electron chi connectivity index (χ3n) is 4.03. The van der Waals surface area contributed by atoms with Gasteiger partial charge < -0.3 is 15.1 Å². The highest BCUT2D eigenvalue weighted by Crippen LogP contribution is 2.17. The van der Waals surface area contributed by atoms with Crippen molar-refractivity contribution in [2.75, 3.05) is 40.3 Å². The largest absolute Gasteiger partial charge is 0.359 e. The maximum atomic E-state index is 13.2. The van der Waals surface area contributed by atoms with Gasteiger partial charge in [0.2, 0.25) is 11.8 Å². The van der Waals surface area contributed by atoms with E-state index >= 15 is 0 Å². The molecule has 1 aliphatic heterocycles. The molecule has 7 heteroatoms. The summed E-state index contributed by atoms with van der Waals surface area (Å²) >= 11 is 5.75. The van der Waals surface area contributed by atoms with Crippen LogP contribution in [0.4, 0.5) is 4.39 Å². The van der Waals surface area contributed by atoms with E-state index in [9.17, 15) is 14.0 Å². The van der Waals surface area contributed by atoms with Crippen molar-refractivity contribution in [3.8, 4) is 0 Å². The number of halogens is 2. The average molecular weight is 342 g/mol. The quantitative estimate of drug-likeness (QED) is 0.897. The van der Waals surface area contributed by atoms with E-state index in [0.29, 0.717) is 31.7 Å². The third-order valence-corrected chi connectivity index (χ3v) is 4.32. The highest BCUT2D eigenvalue weighted by atomic mass is 35.5. The lowest BCUT2D eigenvalue weighted by molar-refractivity contribution is -0.132. The second-order valence-corrected chi connectivity index (χ2v) is 6.25. The minimum absolute atomic E-state index is 0.00846. The Kier molecular flexibility index (Phi) is 5.96. The molecule has 1 heterocycles. The first kappa shape index (κ1) is 17.7. The van der Waals surface area contributed by atoms with Crippen molar-refractivity contribution in [1.29, 1.82) is 0 Å². The number of nitrogens with one attached hydrogen (secondary N) is 1. The molecule has 23 heavy (non-hydrogen) atoms. The van der Waals surface area contributed by atoms with Crippen LogP contribution in [-0.2, 0) is 16.0 Å². The zero-order valence-corrected chi connectivity index (χ0v) is 14.1. The molecule has 0 saturated carbocycles. The molecule has 0 unspecified atom stereocenters. The molecule has 126 valence electrons. The third kappa shape index (κ3) is 4.65. The van der Waals surface area contributed by atoms with Crippen LogP contribution in [0.1, 0.15) is 5.56 Å². The Bertz CT molecular complexity index is 597. The van der Waals surface area contributed by atoms with Crippen LogP contribution in [0.3, 0.4) is 0 Å². The van der Waals surface area contributed by atoms with Gasteiger partial charge in [-0.1, -0.05) is 17.7 Å². The standard InChI is InChI=1S/C16H21ClFN3O2/c1-19-16(23)12-9-20(2)5-6-21(10-12)15(22)8-11-3-4-14(18)13(17)7-11/h3-4,7,12H,5-6,8-10H2,1-2H3,(H,19,23)/t12-/m0/s1. The number of benzene rings is 1. The second kappa shape index (κ2) is 7.75. The molecule has 0 aliphatic carbocycles. The monoisotopic (exact) mass is 341 g/mol. The fourth-order valence-corrected chi connectivity index (χ4v) is 2.91. The Labute approximate surface area is 140 Å². The van der Waals surface area contributed by atoms with Gasteiger partial charge in [0.15, 0.2) is 0 Å². The molecule has 1 aromatic rings. The maximum Gasteiger partial charge on any atom is 0.227 e. The Balaban J connectivity index is 2.07. The van der Waals surface area contributed by atoms with Gasteiger partial charge in [-0.25, -0.2) is 4.39 Å². The molecular formula is C16H21ClFN3O2. The van der Waals surface area contributed by atoms with Gasteiger partial charge in [-0.05, 0) is 24.7 Å². The second-order valence-electron chi connectivity index (χ2n) is 5.84. The molecule has 1 N–H and O–H groups in total. The first-order valence-electron chi connectivity index (χ1n) is 7.52. The van der Waals surface area contributed by atoms with Gasteiger partial charge in [0.1, 0.15) is 5.82 Å². The Morgan fingerprint density at radius 3 is 2.74 bits per heavy atom. The van der Waals surface area contributed by atoms with Crippen LogP contribution in [0, 0.1) is 11.7 Å². The maximum absolute atomic E-state index is 13.2. The molecule has 1 aromatic carbocycles. The van der Waals surface area contributed by atoms with Crippen LogP contribution in [-0.4, -0.2) is 61.9 Å². The Hall–Kier alpha value is -1.66. The van der Waals surface area contributed by atoms with Gasteiger partial charge in [0.05, 0.1) is 17.4 Å². The van der Waals surface area contributed by atoms with E-state index in [4.69, 9.17) is 11.6 Å². The molecule has 1 aliphatic rings. The predicted octanol–water partition coefficient (Wildman–Crippen LogP) is 1.16. The zero-order chi connectivity index (χ0) is 17.0. The van der Waals surface area contributed by atoms with E-state index < -0.39 is 5.82 Å². The summed E-state index contributed by atoms with van der Waals surface area (Å²) in [7, 11) is 3.53. The SMILES string of the molecule is CNC(=O)[C@H]1CN(C)CCN(C(=O)Cc2ccc(F)c(Cl)c2)C1. The van der Waals surface area contributed by atoms with Crippen molar-refractivity contribution in [1.82, 2.24) is 15.1 Å². The summed E-state index contributed by atoms with van der Waals surface area (Å²) in [5.41, 5.74) is 0.662. The molecule has 0 aromatic heterocycles. The first-order chi connectivity index (χ1) is 10.9. The van der Waals surface area contributed by atoms with E-state index in [2.05, 4.69) is 5.32 Å².